The molecule has 4 nitrogen and oxygen atoms in total. The van der Waals surface area contributed by atoms with Gasteiger partial charge in [0.2, 0.25) is 0 Å². The fourth-order valence-electron chi connectivity index (χ4n) is 2.77. The van der Waals surface area contributed by atoms with Gasteiger partial charge in [0, 0.05) is 12.1 Å². The number of aromatic nitrogens is 2. The first kappa shape index (κ1) is 18.8. The Morgan fingerprint density at radius 2 is 1.59 bits per heavy atom. The molecule has 1 amide bonds. The van der Waals surface area contributed by atoms with Gasteiger partial charge >= 0.3 is 6.18 Å². The number of amides is 1. The zero-order chi connectivity index (χ0) is 19.6. The van der Waals surface area contributed by atoms with Crippen molar-refractivity contribution in [1.29, 1.82) is 0 Å². The highest BCUT2D eigenvalue weighted by Crippen LogP contribution is 2.22. The van der Waals surface area contributed by atoms with E-state index in [1.807, 2.05) is 6.92 Å². The van der Waals surface area contributed by atoms with Crippen LogP contribution in [-0.4, -0.2) is 33.5 Å². The van der Waals surface area contributed by atoms with Crippen LogP contribution in [0.3, 0.4) is 0 Å². The van der Waals surface area contributed by atoms with Crippen LogP contribution in [0.5, 0.6) is 0 Å². The molecule has 0 aliphatic carbocycles. The van der Waals surface area contributed by atoms with Gasteiger partial charge in [-0.3, -0.25) is 4.79 Å². The number of hydrogen-bond donors (Lipinski definition) is 0. The Balaban J connectivity index is 1.95. The van der Waals surface area contributed by atoms with E-state index in [-0.39, 0.29) is 12.1 Å². The van der Waals surface area contributed by atoms with Gasteiger partial charge in [0.25, 0.3) is 5.91 Å². The molecular weight excluding hydrogens is 355 g/mol. The van der Waals surface area contributed by atoms with Crippen LogP contribution < -0.4 is 0 Å². The van der Waals surface area contributed by atoms with E-state index in [4.69, 9.17) is 0 Å². The molecule has 0 unspecified atom stereocenters. The van der Waals surface area contributed by atoms with Crippen molar-refractivity contribution in [3.63, 3.8) is 0 Å². The molecule has 140 valence electrons. The third-order valence-electron chi connectivity index (χ3n) is 4.20. The van der Waals surface area contributed by atoms with Crippen molar-refractivity contribution in [2.45, 2.75) is 26.6 Å². The number of nitrogens with zero attached hydrogens (tertiary/aromatic N) is 3. The number of fused-ring (bicyclic) bond motifs is 1. The van der Waals surface area contributed by atoms with Gasteiger partial charge in [-0.15, -0.1) is 0 Å². The minimum Gasteiger partial charge on any atom is -0.325 e. The Kier molecular flexibility index (Phi) is 5.12. The summed E-state index contributed by atoms with van der Waals surface area (Å²) in [5, 5.41) is 0. The van der Waals surface area contributed by atoms with E-state index in [1.165, 1.54) is 12.1 Å². The first-order chi connectivity index (χ1) is 12.7. The third-order valence-corrected chi connectivity index (χ3v) is 4.20. The molecule has 1 aromatic heterocycles. The van der Waals surface area contributed by atoms with Gasteiger partial charge < -0.3 is 4.90 Å². The zero-order valence-corrected chi connectivity index (χ0v) is 14.9. The van der Waals surface area contributed by atoms with Gasteiger partial charge in [0.05, 0.1) is 22.4 Å². The van der Waals surface area contributed by atoms with E-state index in [1.54, 1.807) is 43.3 Å². The molecule has 0 aliphatic rings. The normalized spacial score (nSPS) is 11.6. The Labute approximate surface area is 154 Å². The second kappa shape index (κ2) is 7.34. The molecule has 0 saturated carbocycles. The summed E-state index contributed by atoms with van der Waals surface area (Å²) in [5.74, 6) is -0.696. The van der Waals surface area contributed by atoms with Gasteiger partial charge in [-0.05, 0) is 37.6 Å². The Hall–Kier alpha value is -2.96. The molecule has 2 aromatic carbocycles. The summed E-state index contributed by atoms with van der Waals surface area (Å²) in [5.41, 5.74) is 3.34. The Bertz CT molecular complexity index is 971. The molecule has 7 heteroatoms. The van der Waals surface area contributed by atoms with Gasteiger partial charge in [-0.2, -0.15) is 13.2 Å². The standard InChI is InChI=1S/C20H18F3N3O/c1-13-14(2)25-18-10-16(8-9-17(18)24-13)19(27)26(12-20(21,22)23)11-15-6-4-3-5-7-15/h3-10H,11-12H2,1-2H3. The summed E-state index contributed by atoms with van der Waals surface area (Å²) in [6, 6.07) is 13.2. The van der Waals surface area contributed by atoms with Crippen molar-refractivity contribution >= 4 is 16.9 Å². The number of rotatable bonds is 4. The number of halogens is 3. The molecule has 27 heavy (non-hydrogen) atoms. The molecular formula is C20H18F3N3O. The van der Waals surface area contributed by atoms with Crippen LogP contribution >= 0.6 is 0 Å². The minimum atomic E-state index is -4.49. The molecule has 1 heterocycles. The van der Waals surface area contributed by atoms with Crippen LogP contribution in [-0.2, 0) is 6.54 Å². The highest BCUT2D eigenvalue weighted by atomic mass is 19.4. The molecule has 3 rings (SSSR count). The first-order valence-electron chi connectivity index (χ1n) is 8.38. The number of alkyl halides is 3. The van der Waals surface area contributed by atoms with Gasteiger partial charge in [-0.25, -0.2) is 9.97 Å². The molecule has 0 radical (unpaired) electrons. The predicted octanol–water partition coefficient (Wildman–Crippen LogP) is 4.45. The number of carbonyl (C=O) groups excluding carboxylic acids is 1. The molecule has 0 atom stereocenters. The summed E-state index contributed by atoms with van der Waals surface area (Å²) in [6.45, 7) is 2.17. The fourth-order valence-corrected chi connectivity index (χ4v) is 2.77. The lowest BCUT2D eigenvalue weighted by molar-refractivity contribution is -0.141. The number of benzene rings is 2. The maximum Gasteiger partial charge on any atom is 0.406 e. The van der Waals surface area contributed by atoms with Crippen molar-refractivity contribution in [2.24, 2.45) is 0 Å². The predicted molar refractivity (Wildman–Crippen MR) is 96.2 cm³/mol. The maximum atomic E-state index is 13.0. The third kappa shape index (κ3) is 4.61. The fraction of sp³-hybridized carbons (Fsp3) is 0.250. The lowest BCUT2D eigenvalue weighted by Crippen LogP contribution is -2.38. The minimum absolute atomic E-state index is 0.129. The van der Waals surface area contributed by atoms with E-state index in [0.29, 0.717) is 22.3 Å². The second-order valence-corrected chi connectivity index (χ2v) is 6.36. The number of hydrogen-bond acceptors (Lipinski definition) is 3. The topological polar surface area (TPSA) is 46.1 Å². The first-order valence-corrected chi connectivity index (χ1v) is 8.38. The van der Waals surface area contributed by atoms with E-state index >= 15 is 0 Å². The van der Waals surface area contributed by atoms with Gasteiger partial charge in [-0.1, -0.05) is 30.3 Å². The molecule has 0 saturated heterocycles. The maximum absolute atomic E-state index is 13.0. The summed E-state index contributed by atoms with van der Waals surface area (Å²) >= 11 is 0. The van der Waals surface area contributed by atoms with E-state index in [2.05, 4.69) is 9.97 Å². The second-order valence-electron chi connectivity index (χ2n) is 6.36. The van der Waals surface area contributed by atoms with Crippen molar-refractivity contribution in [3.05, 3.63) is 71.0 Å². The summed E-state index contributed by atoms with van der Waals surface area (Å²) < 4.78 is 39.1. The zero-order valence-electron chi connectivity index (χ0n) is 14.9. The lowest BCUT2D eigenvalue weighted by atomic mass is 10.1. The summed E-state index contributed by atoms with van der Waals surface area (Å²) in [7, 11) is 0. The Morgan fingerprint density at radius 1 is 0.963 bits per heavy atom. The molecule has 3 aromatic rings. The highest BCUT2D eigenvalue weighted by molar-refractivity contribution is 5.97. The van der Waals surface area contributed by atoms with Crippen LogP contribution in [0.2, 0.25) is 0 Å². The van der Waals surface area contributed by atoms with Crippen LogP contribution in [0.1, 0.15) is 27.3 Å². The summed E-state index contributed by atoms with van der Waals surface area (Å²) in [6.07, 6.45) is -4.49. The molecule has 0 aliphatic heterocycles. The van der Waals surface area contributed by atoms with Gasteiger partial charge in [0.15, 0.2) is 0 Å². The molecule has 0 spiro atoms. The van der Waals surface area contributed by atoms with Crippen LogP contribution in [0.4, 0.5) is 13.2 Å². The smallest absolute Gasteiger partial charge is 0.325 e. The van der Waals surface area contributed by atoms with E-state index < -0.39 is 18.6 Å². The molecule has 0 N–H and O–H groups in total. The Morgan fingerprint density at radius 3 is 2.22 bits per heavy atom. The van der Waals surface area contributed by atoms with Crippen molar-refractivity contribution in [1.82, 2.24) is 14.9 Å². The van der Waals surface area contributed by atoms with E-state index in [0.717, 1.165) is 10.6 Å². The molecule has 0 bridgehead atoms. The van der Waals surface area contributed by atoms with Crippen LogP contribution in [0, 0.1) is 13.8 Å². The SMILES string of the molecule is Cc1nc2ccc(C(=O)N(Cc3ccccc3)CC(F)(F)F)cc2nc1C. The van der Waals surface area contributed by atoms with Gasteiger partial charge in [0.1, 0.15) is 6.54 Å². The van der Waals surface area contributed by atoms with Crippen molar-refractivity contribution in [3.8, 4) is 0 Å². The summed E-state index contributed by atoms with van der Waals surface area (Å²) in [4.78, 5) is 22.4. The average Bonchev–Trinajstić information content (AvgIpc) is 2.61. The highest BCUT2D eigenvalue weighted by Gasteiger charge is 2.33. The van der Waals surface area contributed by atoms with Crippen LogP contribution in [0.25, 0.3) is 11.0 Å². The lowest BCUT2D eigenvalue weighted by Gasteiger charge is -2.24. The number of carbonyl (C=O) groups is 1. The van der Waals surface area contributed by atoms with Crippen LogP contribution in [0.15, 0.2) is 48.5 Å². The number of aryl methyl sites for hydroxylation is 2. The average molecular weight is 373 g/mol. The van der Waals surface area contributed by atoms with Crippen molar-refractivity contribution in [2.75, 3.05) is 6.54 Å². The van der Waals surface area contributed by atoms with E-state index in [9.17, 15) is 18.0 Å². The molecule has 0 fully saturated rings. The van der Waals surface area contributed by atoms with Crippen molar-refractivity contribution < 1.29 is 18.0 Å². The monoisotopic (exact) mass is 373 g/mol. The largest absolute Gasteiger partial charge is 0.406 e. The quantitative estimate of drug-likeness (QED) is 0.679.